The molecule has 0 aliphatic heterocycles. The molecular formula is C15H24O2S. The zero-order valence-corrected chi connectivity index (χ0v) is 12.0. The molecule has 0 spiro atoms. The van der Waals surface area contributed by atoms with E-state index in [9.17, 15) is 5.11 Å². The lowest BCUT2D eigenvalue weighted by atomic mass is 9.90. The number of thiophene rings is 1. The number of hydrogen-bond donors (Lipinski definition) is 1. The van der Waals surface area contributed by atoms with Gasteiger partial charge in [0.2, 0.25) is 0 Å². The molecule has 1 saturated carbocycles. The molecule has 1 aromatic rings. The van der Waals surface area contributed by atoms with E-state index in [1.54, 1.807) is 11.3 Å². The van der Waals surface area contributed by atoms with Crippen LogP contribution in [0.3, 0.4) is 0 Å². The average molecular weight is 268 g/mol. The second kappa shape index (κ2) is 7.15. The van der Waals surface area contributed by atoms with Crippen LogP contribution in [0.5, 0.6) is 5.06 Å². The van der Waals surface area contributed by atoms with E-state index in [2.05, 4.69) is 6.92 Å². The first kappa shape index (κ1) is 13.9. The first-order valence-electron chi connectivity index (χ1n) is 7.20. The summed E-state index contributed by atoms with van der Waals surface area (Å²) >= 11 is 1.60. The predicted octanol–water partition coefficient (Wildman–Crippen LogP) is 4.54. The van der Waals surface area contributed by atoms with Crippen LogP contribution in [0.2, 0.25) is 0 Å². The average Bonchev–Trinajstić information content (AvgIpc) is 2.87. The van der Waals surface area contributed by atoms with Crippen molar-refractivity contribution in [1.82, 2.24) is 0 Å². The maximum Gasteiger partial charge on any atom is 0.174 e. The van der Waals surface area contributed by atoms with E-state index in [-0.39, 0.29) is 6.10 Å². The second-order valence-electron chi connectivity index (χ2n) is 5.28. The third-order valence-electron chi connectivity index (χ3n) is 3.68. The van der Waals surface area contributed by atoms with Gasteiger partial charge in [-0.05, 0) is 37.3 Å². The summed E-state index contributed by atoms with van der Waals surface area (Å²) in [6.45, 7) is 2.95. The van der Waals surface area contributed by atoms with Crippen LogP contribution < -0.4 is 4.74 Å². The summed E-state index contributed by atoms with van der Waals surface area (Å²) in [7, 11) is 0. The number of rotatable bonds is 6. The molecule has 1 heterocycles. The summed E-state index contributed by atoms with van der Waals surface area (Å²) in [5.74, 6) is 0.741. The van der Waals surface area contributed by atoms with E-state index in [1.165, 1.54) is 32.1 Å². The molecule has 102 valence electrons. The molecule has 0 bridgehead atoms. The Kier molecular flexibility index (Phi) is 5.51. The SMILES string of the molecule is CCCC(O)c1ccc(OCC2CCCCC2)s1. The molecule has 0 amide bonds. The van der Waals surface area contributed by atoms with E-state index in [0.29, 0.717) is 0 Å². The van der Waals surface area contributed by atoms with Crippen LogP contribution in [0.4, 0.5) is 0 Å². The Bertz CT molecular complexity index is 342. The van der Waals surface area contributed by atoms with Gasteiger partial charge in [-0.2, -0.15) is 0 Å². The smallest absolute Gasteiger partial charge is 0.174 e. The first-order valence-corrected chi connectivity index (χ1v) is 8.02. The first-order chi connectivity index (χ1) is 8.79. The van der Waals surface area contributed by atoms with Crippen molar-refractivity contribution in [3.63, 3.8) is 0 Å². The van der Waals surface area contributed by atoms with Crippen molar-refractivity contribution in [3.05, 3.63) is 17.0 Å². The number of aliphatic hydroxyl groups excluding tert-OH is 1. The number of ether oxygens (including phenoxy) is 1. The third kappa shape index (κ3) is 3.99. The van der Waals surface area contributed by atoms with Gasteiger partial charge in [0.25, 0.3) is 0 Å². The van der Waals surface area contributed by atoms with Crippen LogP contribution >= 0.6 is 11.3 Å². The van der Waals surface area contributed by atoms with Crippen LogP contribution in [0.25, 0.3) is 0 Å². The Labute approximate surface area is 114 Å². The quantitative estimate of drug-likeness (QED) is 0.820. The molecule has 18 heavy (non-hydrogen) atoms. The fourth-order valence-corrected chi connectivity index (χ4v) is 3.45. The maximum absolute atomic E-state index is 9.91. The highest BCUT2D eigenvalue weighted by atomic mass is 32.1. The molecule has 1 aliphatic rings. The lowest BCUT2D eigenvalue weighted by Crippen LogP contribution is -2.14. The van der Waals surface area contributed by atoms with Gasteiger partial charge in [-0.3, -0.25) is 0 Å². The van der Waals surface area contributed by atoms with Crippen LogP contribution in [0.15, 0.2) is 12.1 Å². The minimum atomic E-state index is -0.313. The lowest BCUT2D eigenvalue weighted by Gasteiger charge is -2.21. The molecule has 2 rings (SSSR count). The van der Waals surface area contributed by atoms with Crippen molar-refractivity contribution in [3.8, 4) is 5.06 Å². The van der Waals surface area contributed by atoms with Crippen LogP contribution in [0.1, 0.15) is 62.9 Å². The van der Waals surface area contributed by atoms with Gasteiger partial charge in [0.05, 0.1) is 12.7 Å². The van der Waals surface area contributed by atoms with Crippen molar-refractivity contribution >= 4 is 11.3 Å². The largest absolute Gasteiger partial charge is 0.484 e. The van der Waals surface area contributed by atoms with E-state index in [0.717, 1.165) is 35.3 Å². The number of aliphatic hydroxyl groups is 1. The highest BCUT2D eigenvalue weighted by molar-refractivity contribution is 7.13. The maximum atomic E-state index is 9.91. The molecular weight excluding hydrogens is 244 g/mol. The molecule has 3 heteroatoms. The van der Waals surface area contributed by atoms with Gasteiger partial charge in [-0.1, -0.05) is 32.6 Å². The molecule has 1 unspecified atom stereocenters. The zero-order valence-electron chi connectivity index (χ0n) is 11.2. The van der Waals surface area contributed by atoms with Gasteiger partial charge >= 0.3 is 0 Å². The fraction of sp³-hybridized carbons (Fsp3) is 0.733. The number of hydrogen-bond acceptors (Lipinski definition) is 3. The lowest BCUT2D eigenvalue weighted by molar-refractivity contribution is 0.170. The van der Waals surface area contributed by atoms with Gasteiger partial charge in [-0.15, -0.1) is 11.3 Å². The van der Waals surface area contributed by atoms with Crippen LogP contribution in [-0.4, -0.2) is 11.7 Å². The van der Waals surface area contributed by atoms with E-state index in [1.807, 2.05) is 12.1 Å². The van der Waals surface area contributed by atoms with Crippen LogP contribution in [-0.2, 0) is 0 Å². The summed E-state index contributed by atoms with van der Waals surface area (Å²) < 4.78 is 5.86. The summed E-state index contributed by atoms with van der Waals surface area (Å²) in [4.78, 5) is 1.04. The fourth-order valence-electron chi connectivity index (χ4n) is 2.56. The Morgan fingerprint density at radius 1 is 1.33 bits per heavy atom. The molecule has 0 radical (unpaired) electrons. The minimum Gasteiger partial charge on any atom is -0.484 e. The Morgan fingerprint density at radius 3 is 2.83 bits per heavy atom. The van der Waals surface area contributed by atoms with Gasteiger partial charge in [-0.25, -0.2) is 0 Å². The van der Waals surface area contributed by atoms with Crippen molar-refractivity contribution in [1.29, 1.82) is 0 Å². The van der Waals surface area contributed by atoms with Gasteiger partial charge in [0.1, 0.15) is 0 Å². The summed E-state index contributed by atoms with van der Waals surface area (Å²) in [5.41, 5.74) is 0. The minimum absolute atomic E-state index is 0.313. The normalized spacial score (nSPS) is 18.8. The molecule has 1 atom stereocenters. The Morgan fingerprint density at radius 2 is 2.11 bits per heavy atom. The molecule has 1 fully saturated rings. The molecule has 0 saturated heterocycles. The monoisotopic (exact) mass is 268 g/mol. The van der Waals surface area contributed by atoms with E-state index >= 15 is 0 Å². The molecule has 2 nitrogen and oxygen atoms in total. The standard InChI is InChI=1S/C15H24O2S/c1-2-6-13(16)14-9-10-15(18-14)17-11-12-7-4-3-5-8-12/h9-10,12-13,16H,2-8,11H2,1H3. The highest BCUT2D eigenvalue weighted by Crippen LogP contribution is 2.32. The zero-order chi connectivity index (χ0) is 12.8. The topological polar surface area (TPSA) is 29.5 Å². The third-order valence-corrected chi connectivity index (χ3v) is 4.78. The van der Waals surface area contributed by atoms with E-state index < -0.39 is 0 Å². The highest BCUT2D eigenvalue weighted by Gasteiger charge is 2.15. The van der Waals surface area contributed by atoms with Crippen LogP contribution in [0, 0.1) is 5.92 Å². The summed E-state index contributed by atoms with van der Waals surface area (Å²) in [6.07, 6.45) is 8.28. The van der Waals surface area contributed by atoms with Gasteiger partial charge < -0.3 is 9.84 Å². The predicted molar refractivity (Wildman–Crippen MR) is 76.3 cm³/mol. The Balaban J connectivity index is 1.79. The molecule has 1 aromatic heterocycles. The van der Waals surface area contributed by atoms with Gasteiger partial charge in [0, 0.05) is 4.88 Å². The van der Waals surface area contributed by atoms with Gasteiger partial charge in [0.15, 0.2) is 5.06 Å². The van der Waals surface area contributed by atoms with Crippen molar-refractivity contribution in [2.24, 2.45) is 5.92 Å². The van der Waals surface area contributed by atoms with E-state index in [4.69, 9.17) is 4.74 Å². The molecule has 1 N–H and O–H groups in total. The molecule has 1 aliphatic carbocycles. The van der Waals surface area contributed by atoms with Crippen molar-refractivity contribution < 1.29 is 9.84 Å². The second-order valence-corrected chi connectivity index (χ2v) is 6.35. The van der Waals surface area contributed by atoms with Crippen molar-refractivity contribution in [2.75, 3.05) is 6.61 Å². The Hall–Kier alpha value is -0.540. The molecule has 0 aromatic carbocycles. The van der Waals surface area contributed by atoms with Crippen molar-refractivity contribution in [2.45, 2.75) is 58.0 Å². The summed E-state index contributed by atoms with van der Waals surface area (Å²) in [6, 6.07) is 4.00. The summed E-state index contributed by atoms with van der Waals surface area (Å²) in [5, 5.41) is 10.9.